The number of imide groups is 1. The molecule has 0 spiro atoms. The molecule has 1 aromatic carbocycles. The van der Waals surface area contributed by atoms with Gasteiger partial charge in [0.15, 0.2) is 0 Å². The number of anilines is 1. The summed E-state index contributed by atoms with van der Waals surface area (Å²) in [5.41, 5.74) is 7.53. The molecule has 0 bridgehead atoms. The molecule has 1 aliphatic heterocycles. The second-order valence-electron chi connectivity index (χ2n) is 3.99. The smallest absolute Gasteiger partial charge is 0.246 e. The predicted molar refractivity (Wildman–Crippen MR) is 64.6 cm³/mol. The van der Waals surface area contributed by atoms with E-state index in [0.717, 1.165) is 17.7 Å². The number of para-hydroxylation sites is 1. The van der Waals surface area contributed by atoms with Crippen LogP contribution in [0.2, 0.25) is 0 Å². The fourth-order valence-electron chi connectivity index (χ4n) is 1.99. The molecule has 3 N–H and O–H groups in total. The molecule has 5 nitrogen and oxygen atoms in total. The Morgan fingerprint density at radius 1 is 1.18 bits per heavy atom. The molecule has 1 heterocycles. The van der Waals surface area contributed by atoms with Gasteiger partial charge in [0, 0.05) is 5.69 Å². The Bertz CT molecular complexity index is 429. The van der Waals surface area contributed by atoms with Gasteiger partial charge >= 0.3 is 0 Å². The first-order valence-corrected chi connectivity index (χ1v) is 5.56. The summed E-state index contributed by atoms with van der Waals surface area (Å²) < 4.78 is 0. The van der Waals surface area contributed by atoms with Crippen LogP contribution in [0.1, 0.15) is 5.56 Å². The van der Waals surface area contributed by atoms with Gasteiger partial charge in [0.1, 0.15) is 0 Å². The van der Waals surface area contributed by atoms with Crippen molar-refractivity contribution >= 4 is 17.5 Å². The first-order valence-electron chi connectivity index (χ1n) is 5.56. The summed E-state index contributed by atoms with van der Waals surface area (Å²) in [6, 6.07) is 7.71. The van der Waals surface area contributed by atoms with Gasteiger partial charge in [-0.05, 0) is 24.6 Å². The molecule has 0 radical (unpaired) electrons. The van der Waals surface area contributed by atoms with Crippen LogP contribution in [0.25, 0.3) is 0 Å². The highest BCUT2D eigenvalue weighted by Gasteiger charge is 2.23. The summed E-state index contributed by atoms with van der Waals surface area (Å²) in [4.78, 5) is 24.4. The average Bonchev–Trinajstić information content (AvgIpc) is 2.29. The minimum atomic E-state index is -0.260. The number of nitrogens with two attached hydrogens (primary N) is 1. The second-order valence-corrected chi connectivity index (χ2v) is 3.99. The van der Waals surface area contributed by atoms with Crippen LogP contribution in [0.3, 0.4) is 0 Å². The summed E-state index contributed by atoms with van der Waals surface area (Å²) in [6.07, 6.45) is 0.739. The third kappa shape index (κ3) is 2.62. The monoisotopic (exact) mass is 233 g/mol. The summed E-state index contributed by atoms with van der Waals surface area (Å²) in [5, 5.41) is 2.29. The van der Waals surface area contributed by atoms with E-state index in [1.54, 1.807) is 4.90 Å². The fourth-order valence-corrected chi connectivity index (χ4v) is 1.99. The van der Waals surface area contributed by atoms with Crippen molar-refractivity contribution in [1.29, 1.82) is 0 Å². The zero-order chi connectivity index (χ0) is 12.3. The molecular weight excluding hydrogens is 218 g/mol. The number of carbonyl (C=O) groups excluding carboxylic acids is 2. The lowest BCUT2D eigenvalue weighted by Gasteiger charge is -2.29. The molecule has 1 fully saturated rings. The van der Waals surface area contributed by atoms with Crippen LogP contribution in [-0.4, -0.2) is 31.4 Å². The van der Waals surface area contributed by atoms with E-state index in [9.17, 15) is 9.59 Å². The SMILES string of the molecule is NCCc1ccccc1N1CC(=O)NC(=O)C1. The Balaban J connectivity index is 2.26. The van der Waals surface area contributed by atoms with E-state index < -0.39 is 0 Å². The minimum Gasteiger partial charge on any atom is -0.353 e. The minimum absolute atomic E-state index is 0.216. The van der Waals surface area contributed by atoms with Gasteiger partial charge < -0.3 is 10.6 Å². The van der Waals surface area contributed by atoms with Crippen LogP contribution < -0.4 is 16.0 Å². The van der Waals surface area contributed by atoms with Gasteiger partial charge in [-0.25, -0.2) is 0 Å². The van der Waals surface area contributed by atoms with E-state index in [2.05, 4.69) is 5.32 Å². The summed E-state index contributed by atoms with van der Waals surface area (Å²) in [5.74, 6) is -0.521. The Morgan fingerprint density at radius 2 is 1.82 bits per heavy atom. The van der Waals surface area contributed by atoms with E-state index >= 15 is 0 Å². The number of benzene rings is 1. The Labute approximate surface area is 99.6 Å². The molecule has 0 unspecified atom stereocenters. The van der Waals surface area contributed by atoms with Crippen LogP contribution in [0.5, 0.6) is 0 Å². The number of piperazine rings is 1. The summed E-state index contributed by atoms with van der Waals surface area (Å²) in [7, 11) is 0. The van der Waals surface area contributed by atoms with Gasteiger partial charge in [0.2, 0.25) is 11.8 Å². The third-order valence-electron chi connectivity index (χ3n) is 2.69. The lowest BCUT2D eigenvalue weighted by molar-refractivity contribution is -0.130. The van der Waals surface area contributed by atoms with Crippen LogP contribution in [0, 0.1) is 0 Å². The lowest BCUT2D eigenvalue weighted by Crippen LogP contribution is -2.51. The molecule has 2 rings (SSSR count). The normalized spacial score (nSPS) is 15.9. The molecular formula is C12H15N3O2. The molecule has 90 valence electrons. The Morgan fingerprint density at radius 3 is 2.47 bits per heavy atom. The summed E-state index contributed by atoms with van der Waals surface area (Å²) >= 11 is 0. The van der Waals surface area contributed by atoms with Crippen molar-refractivity contribution in [3.63, 3.8) is 0 Å². The van der Waals surface area contributed by atoms with E-state index in [1.165, 1.54) is 0 Å². The summed E-state index contributed by atoms with van der Waals surface area (Å²) in [6.45, 7) is 0.978. The van der Waals surface area contributed by atoms with E-state index in [0.29, 0.717) is 6.54 Å². The van der Waals surface area contributed by atoms with Gasteiger partial charge in [-0.15, -0.1) is 0 Å². The molecule has 0 atom stereocenters. The molecule has 1 aromatic rings. The lowest BCUT2D eigenvalue weighted by atomic mass is 10.1. The Kier molecular flexibility index (Phi) is 3.39. The third-order valence-corrected chi connectivity index (χ3v) is 2.69. The number of nitrogens with zero attached hydrogens (tertiary/aromatic N) is 1. The zero-order valence-electron chi connectivity index (χ0n) is 9.48. The quantitative estimate of drug-likeness (QED) is 0.700. The highest BCUT2D eigenvalue weighted by atomic mass is 16.2. The van der Waals surface area contributed by atoms with Crippen molar-refractivity contribution in [3.05, 3.63) is 29.8 Å². The van der Waals surface area contributed by atoms with Crippen molar-refractivity contribution in [2.45, 2.75) is 6.42 Å². The number of hydrogen-bond acceptors (Lipinski definition) is 4. The van der Waals surface area contributed by atoms with Gasteiger partial charge in [-0.2, -0.15) is 0 Å². The number of carbonyl (C=O) groups is 2. The van der Waals surface area contributed by atoms with Crippen LogP contribution in [0.15, 0.2) is 24.3 Å². The van der Waals surface area contributed by atoms with Crippen LogP contribution >= 0.6 is 0 Å². The number of amides is 2. The highest BCUT2D eigenvalue weighted by molar-refractivity contribution is 6.02. The average molecular weight is 233 g/mol. The second kappa shape index (κ2) is 4.97. The maximum Gasteiger partial charge on any atom is 0.246 e. The topological polar surface area (TPSA) is 75.4 Å². The maximum absolute atomic E-state index is 11.3. The molecule has 17 heavy (non-hydrogen) atoms. The van der Waals surface area contributed by atoms with Crippen LogP contribution in [0.4, 0.5) is 5.69 Å². The van der Waals surface area contributed by atoms with Crippen molar-refractivity contribution in [3.8, 4) is 0 Å². The van der Waals surface area contributed by atoms with Gasteiger partial charge in [-0.1, -0.05) is 18.2 Å². The maximum atomic E-state index is 11.3. The molecule has 5 heteroatoms. The highest BCUT2D eigenvalue weighted by Crippen LogP contribution is 2.21. The first kappa shape index (κ1) is 11.6. The molecule has 0 aromatic heterocycles. The van der Waals surface area contributed by atoms with Crippen molar-refractivity contribution < 1.29 is 9.59 Å². The molecule has 0 aliphatic carbocycles. The van der Waals surface area contributed by atoms with Crippen molar-refractivity contribution in [1.82, 2.24) is 5.32 Å². The van der Waals surface area contributed by atoms with E-state index in [1.807, 2.05) is 24.3 Å². The fraction of sp³-hybridized carbons (Fsp3) is 0.333. The van der Waals surface area contributed by atoms with Crippen molar-refractivity contribution in [2.24, 2.45) is 5.73 Å². The number of rotatable bonds is 3. The Hall–Kier alpha value is -1.88. The van der Waals surface area contributed by atoms with E-state index in [-0.39, 0.29) is 24.9 Å². The molecule has 1 aliphatic rings. The largest absolute Gasteiger partial charge is 0.353 e. The number of nitrogens with one attached hydrogen (secondary N) is 1. The van der Waals surface area contributed by atoms with Gasteiger partial charge in [0.25, 0.3) is 0 Å². The zero-order valence-corrected chi connectivity index (χ0v) is 9.48. The van der Waals surface area contributed by atoms with Crippen molar-refractivity contribution in [2.75, 3.05) is 24.5 Å². The standard InChI is InChI=1S/C12H15N3O2/c13-6-5-9-3-1-2-4-10(9)15-7-11(16)14-12(17)8-15/h1-4H,5-8,13H2,(H,14,16,17). The molecule has 2 amide bonds. The molecule has 0 saturated carbocycles. The van der Waals surface area contributed by atoms with E-state index in [4.69, 9.17) is 5.73 Å². The number of hydrogen-bond donors (Lipinski definition) is 2. The predicted octanol–water partition coefficient (Wildman–Crippen LogP) is -0.349. The van der Waals surface area contributed by atoms with Crippen LogP contribution in [-0.2, 0) is 16.0 Å². The molecule has 1 saturated heterocycles. The van der Waals surface area contributed by atoms with Gasteiger partial charge in [-0.3, -0.25) is 14.9 Å². The first-order chi connectivity index (χ1) is 8.20. The van der Waals surface area contributed by atoms with Gasteiger partial charge in [0.05, 0.1) is 13.1 Å².